The van der Waals surface area contributed by atoms with Gasteiger partial charge >= 0.3 is 0 Å². The summed E-state index contributed by atoms with van der Waals surface area (Å²) in [6.07, 6.45) is -0.989. The van der Waals surface area contributed by atoms with Crippen LogP contribution in [0.1, 0.15) is 23.1 Å². The van der Waals surface area contributed by atoms with Crippen LogP contribution in [0, 0.1) is 11.6 Å². The Morgan fingerprint density at radius 1 is 1.05 bits per heavy atom. The van der Waals surface area contributed by atoms with Crippen LogP contribution in [0.2, 0.25) is 5.02 Å². The summed E-state index contributed by atoms with van der Waals surface area (Å²) in [4.78, 5) is 0. The quantitative estimate of drug-likeness (QED) is 0.908. The second kappa shape index (κ2) is 6.31. The molecule has 2 aromatic rings. The maximum absolute atomic E-state index is 13.4. The number of hydrogen-bond donors (Lipinski definition) is 2. The van der Waals surface area contributed by atoms with Gasteiger partial charge in [0.05, 0.1) is 11.1 Å². The Kier molecular flexibility index (Phi) is 4.70. The van der Waals surface area contributed by atoms with Gasteiger partial charge in [-0.05, 0) is 35.4 Å². The second-order valence-corrected chi connectivity index (χ2v) is 4.92. The Bertz CT molecular complexity index is 589. The first-order valence-electron chi connectivity index (χ1n) is 6.11. The standard InChI is InChI=1S/C15H14ClF2NO/c16-13-6-3-10(7-14(13)18)15(20)12(8-19)9-1-4-11(17)5-2-9/h1-7,12,15,20H,8,19H2. The predicted octanol–water partition coefficient (Wildman–Crippen LogP) is 3.39. The zero-order valence-electron chi connectivity index (χ0n) is 10.6. The Labute approximate surface area is 120 Å². The van der Waals surface area contributed by atoms with E-state index in [4.69, 9.17) is 17.3 Å². The lowest BCUT2D eigenvalue weighted by Crippen LogP contribution is -2.20. The minimum Gasteiger partial charge on any atom is -0.388 e. The molecule has 20 heavy (non-hydrogen) atoms. The molecule has 0 aliphatic rings. The molecule has 106 valence electrons. The molecular formula is C15H14ClF2NO. The van der Waals surface area contributed by atoms with E-state index in [1.165, 1.54) is 24.3 Å². The fourth-order valence-electron chi connectivity index (χ4n) is 2.09. The van der Waals surface area contributed by atoms with Crippen molar-refractivity contribution in [3.63, 3.8) is 0 Å². The van der Waals surface area contributed by atoms with Crippen LogP contribution in [0.5, 0.6) is 0 Å². The lowest BCUT2D eigenvalue weighted by Gasteiger charge is -2.22. The van der Waals surface area contributed by atoms with E-state index in [2.05, 4.69) is 0 Å². The fourth-order valence-corrected chi connectivity index (χ4v) is 2.20. The van der Waals surface area contributed by atoms with E-state index in [1.807, 2.05) is 0 Å². The Balaban J connectivity index is 2.30. The molecule has 0 aromatic heterocycles. The fraction of sp³-hybridized carbons (Fsp3) is 0.200. The van der Waals surface area contributed by atoms with Gasteiger partial charge in [0.2, 0.25) is 0 Å². The molecule has 5 heteroatoms. The average molecular weight is 298 g/mol. The lowest BCUT2D eigenvalue weighted by molar-refractivity contribution is 0.147. The van der Waals surface area contributed by atoms with Gasteiger partial charge in [0.15, 0.2) is 0 Å². The monoisotopic (exact) mass is 297 g/mol. The third-order valence-electron chi connectivity index (χ3n) is 3.22. The highest BCUT2D eigenvalue weighted by Crippen LogP contribution is 2.31. The van der Waals surface area contributed by atoms with E-state index in [0.29, 0.717) is 11.1 Å². The van der Waals surface area contributed by atoms with Gasteiger partial charge in [0.1, 0.15) is 11.6 Å². The van der Waals surface area contributed by atoms with Crippen LogP contribution in [0.25, 0.3) is 0 Å². The molecule has 0 spiro atoms. The third kappa shape index (κ3) is 3.15. The van der Waals surface area contributed by atoms with Gasteiger partial charge in [-0.2, -0.15) is 0 Å². The number of aliphatic hydroxyl groups is 1. The van der Waals surface area contributed by atoms with E-state index in [9.17, 15) is 13.9 Å². The van der Waals surface area contributed by atoms with Crippen LogP contribution >= 0.6 is 11.6 Å². The molecule has 2 atom stereocenters. The Morgan fingerprint density at radius 2 is 1.65 bits per heavy atom. The van der Waals surface area contributed by atoms with Crippen molar-refractivity contribution >= 4 is 11.6 Å². The molecule has 0 heterocycles. The number of benzene rings is 2. The molecule has 0 aliphatic carbocycles. The van der Waals surface area contributed by atoms with Gasteiger partial charge in [0, 0.05) is 12.5 Å². The molecule has 0 fully saturated rings. The van der Waals surface area contributed by atoms with Gasteiger partial charge in [0.25, 0.3) is 0 Å². The predicted molar refractivity (Wildman–Crippen MR) is 74.6 cm³/mol. The Morgan fingerprint density at radius 3 is 2.20 bits per heavy atom. The lowest BCUT2D eigenvalue weighted by atomic mass is 9.89. The number of aliphatic hydroxyl groups excluding tert-OH is 1. The summed E-state index contributed by atoms with van der Waals surface area (Å²) in [7, 11) is 0. The van der Waals surface area contributed by atoms with E-state index in [1.54, 1.807) is 18.2 Å². The molecule has 2 rings (SSSR count). The van der Waals surface area contributed by atoms with Crippen LogP contribution < -0.4 is 5.73 Å². The topological polar surface area (TPSA) is 46.2 Å². The van der Waals surface area contributed by atoms with Crippen LogP contribution in [-0.4, -0.2) is 11.7 Å². The number of rotatable bonds is 4. The summed E-state index contributed by atoms with van der Waals surface area (Å²) < 4.78 is 26.4. The van der Waals surface area contributed by atoms with E-state index >= 15 is 0 Å². The van der Waals surface area contributed by atoms with Gasteiger partial charge < -0.3 is 10.8 Å². The van der Waals surface area contributed by atoms with Crippen LogP contribution in [0.3, 0.4) is 0 Å². The summed E-state index contributed by atoms with van der Waals surface area (Å²) in [5.41, 5.74) is 6.75. The number of halogens is 3. The molecule has 2 aromatic carbocycles. The maximum atomic E-state index is 13.4. The minimum atomic E-state index is -0.989. The van der Waals surface area contributed by atoms with Gasteiger partial charge in [-0.25, -0.2) is 8.78 Å². The van der Waals surface area contributed by atoms with Crippen LogP contribution in [0.4, 0.5) is 8.78 Å². The summed E-state index contributed by atoms with van der Waals surface area (Å²) in [5.74, 6) is -1.41. The van der Waals surface area contributed by atoms with Gasteiger partial charge in [-0.3, -0.25) is 0 Å². The van der Waals surface area contributed by atoms with Crippen molar-refractivity contribution in [2.45, 2.75) is 12.0 Å². The van der Waals surface area contributed by atoms with Crippen molar-refractivity contribution in [2.24, 2.45) is 5.73 Å². The molecular weight excluding hydrogens is 284 g/mol. The van der Waals surface area contributed by atoms with Crippen molar-refractivity contribution in [3.05, 3.63) is 70.2 Å². The largest absolute Gasteiger partial charge is 0.388 e. The smallest absolute Gasteiger partial charge is 0.142 e. The first-order valence-corrected chi connectivity index (χ1v) is 6.49. The first-order chi connectivity index (χ1) is 9.52. The van der Waals surface area contributed by atoms with Crippen molar-refractivity contribution in [2.75, 3.05) is 6.54 Å². The van der Waals surface area contributed by atoms with Crippen molar-refractivity contribution in [1.82, 2.24) is 0 Å². The first kappa shape index (κ1) is 14.9. The van der Waals surface area contributed by atoms with E-state index < -0.39 is 17.8 Å². The van der Waals surface area contributed by atoms with Gasteiger partial charge in [-0.15, -0.1) is 0 Å². The summed E-state index contributed by atoms with van der Waals surface area (Å²) in [6, 6.07) is 9.82. The second-order valence-electron chi connectivity index (χ2n) is 4.51. The van der Waals surface area contributed by atoms with Crippen molar-refractivity contribution in [1.29, 1.82) is 0 Å². The average Bonchev–Trinajstić information content (AvgIpc) is 2.44. The molecule has 0 amide bonds. The third-order valence-corrected chi connectivity index (χ3v) is 3.52. The molecule has 0 aliphatic heterocycles. The molecule has 0 saturated heterocycles. The summed E-state index contributed by atoms with van der Waals surface area (Å²) in [6.45, 7) is 0.150. The highest BCUT2D eigenvalue weighted by atomic mass is 35.5. The van der Waals surface area contributed by atoms with Crippen molar-refractivity contribution in [3.8, 4) is 0 Å². The Hall–Kier alpha value is -1.49. The normalized spacial score (nSPS) is 14.1. The molecule has 0 saturated carbocycles. The highest BCUT2D eigenvalue weighted by molar-refractivity contribution is 6.30. The SMILES string of the molecule is NCC(c1ccc(F)cc1)C(O)c1ccc(Cl)c(F)c1. The summed E-state index contributed by atoms with van der Waals surface area (Å²) in [5, 5.41) is 10.3. The molecule has 0 bridgehead atoms. The zero-order valence-corrected chi connectivity index (χ0v) is 11.3. The van der Waals surface area contributed by atoms with E-state index in [-0.39, 0.29) is 17.4 Å². The van der Waals surface area contributed by atoms with Crippen LogP contribution in [0.15, 0.2) is 42.5 Å². The number of nitrogens with two attached hydrogens (primary N) is 1. The van der Waals surface area contributed by atoms with E-state index in [0.717, 1.165) is 0 Å². The molecule has 2 nitrogen and oxygen atoms in total. The summed E-state index contributed by atoms with van der Waals surface area (Å²) >= 11 is 5.61. The van der Waals surface area contributed by atoms with Crippen molar-refractivity contribution < 1.29 is 13.9 Å². The van der Waals surface area contributed by atoms with Crippen LogP contribution in [-0.2, 0) is 0 Å². The molecule has 2 unspecified atom stereocenters. The molecule has 3 N–H and O–H groups in total. The van der Waals surface area contributed by atoms with Gasteiger partial charge in [-0.1, -0.05) is 29.8 Å². The molecule has 0 radical (unpaired) electrons. The maximum Gasteiger partial charge on any atom is 0.142 e. The minimum absolute atomic E-state index is 0.00738. The zero-order chi connectivity index (χ0) is 14.7. The highest BCUT2D eigenvalue weighted by Gasteiger charge is 2.22. The number of hydrogen-bond acceptors (Lipinski definition) is 2.